The summed E-state index contributed by atoms with van der Waals surface area (Å²) in [6.45, 7) is 0. The van der Waals surface area contributed by atoms with Crippen LogP contribution in [0.5, 0.6) is 0 Å². The van der Waals surface area contributed by atoms with Crippen molar-refractivity contribution < 1.29 is 4.79 Å². The highest BCUT2D eigenvalue weighted by Crippen LogP contribution is 2.17. The molecule has 1 aliphatic carbocycles. The van der Waals surface area contributed by atoms with E-state index >= 15 is 0 Å². The fourth-order valence-corrected chi connectivity index (χ4v) is 2.66. The Hall–Kier alpha value is -0.870. The average molecular weight is 224 g/mol. The Kier molecular flexibility index (Phi) is 3.38. The number of amides is 1. The average Bonchev–Trinajstić information content (AvgIpc) is 2.70. The molecule has 1 heterocycles. The third-order valence-corrected chi connectivity index (χ3v) is 3.52. The van der Waals surface area contributed by atoms with Gasteiger partial charge < -0.3 is 11.1 Å². The van der Waals surface area contributed by atoms with Crippen LogP contribution in [0.2, 0.25) is 0 Å². The van der Waals surface area contributed by atoms with Crippen LogP contribution in [-0.4, -0.2) is 18.0 Å². The van der Waals surface area contributed by atoms with Gasteiger partial charge in [0.1, 0.15) is 0 Å². The summed E-state index contributed by atoms with van der Waals surface area (Å²) in [5.41, 5.74) is 6.63. The predicted molar refractivity (Wildman–Crippen MR) is 62.0 cm³/mol. The summed E-state index contributed by atoms with van der Waals surface area (Å²) >= 11 is 1.54. The van der Waals surface area contributed by atoms with Crippen LogP contribution in [0.4, 0.5) is 0 Å². The zero-order chi connectivity index (χ0) is 10.7. The first-order chi connectivity index (χ1) is 7.25. The number of nitrogens with one attached hydrogen (secondary N) is 1. The van der Waals surface area contributed by atoms with Crippen LogP contribution in [0.15, 0.2) is 16.8 Å². The third kappa shape index (κ3) is 2.79. The van der Waals surface area contributed by atoms with Crippen molar-refractivity contribution in [3.05, 3.63) is 22.4 Å². The number of nitrogens with two attached hydrogens (primary N) is 1. The standard InChI is InChI=1S/C11H16N2OS/c12-9-2-1-3-10(6-9)13-11(14)8-4-5-15-7-8/h4-5,7,9-10H,1-3,6,12H2,(H,13,14). The Bertz CT molecular complexity index is 323. The monoisotopic (exact) mass is 224 g/mol. The summed E-state index contributed by atoms with van der Waals surface area (Å²) in [7, 11) is 0. The topological polar surface area (TPSA) is 55.1 Å². The van der Waals surface area contributed by atoms with E-state index in [1.54, 1.807) is 11.3 Å². The van der Waals surface area contributed by atoms with Gasteiger partial charge in [-0.2, -0.15) is 11.3 Å². The van der Waals surface area contributed by atoms with Gasteiger partial charge in [-0.25, -0.2) is 0 Å². The molecular formula is C11H16N2OS. The van der Waals surface area contributed by atoms with Crippen LogP contribution in [-0.2, 0) is 0 Å². The van der Waals surface area contributed by atoms with E-state index in [2.05, 4.69) is 5.32 Å². The van der Waals surface area contributed by atoms with Gasteiger partial charge in [0.15, 0.2) is 0 Å². The molecule has 1 saturated carbocycles. The minimum atomic E-state index is 0.0374. The Labute approximate surface area is 93.7 Å². The molecule has 0 bridgehead atoms. The molecule has 0 radical (unpaired) electrons. The SMILES string of the molecule is NC1CCCC(NC(=O)c2ccsc2)C1. The fraction of sp³-hybridized carbons (Fsp3) is 0.545. The van der Waals surface area contributed by atoms with Crippen molar-refractivity contribution in [2.24, 2.45) is 5.73 Å². The maximum absolute atomic E-state index is 11.7. The van der Waals surface area contributed by atoms with Crippen LogP contribution >= 0.6 is 11.3 Å². The maximum atomic E-state index is 11.7. The molecule has 1 fully saturated rings. The third-order valence-electron chi connectivity index (χ3n) is 2.83. The normalized spacial score (nSPS) is 26.2. The second kappa shape index (κ2) is 4.77. The molecular weight excluding hydrogens is 208 g/mol. The Morgan fingerprint density at radius 3 is 3.07 bits per heavy atom. The van der Waals surface area contributed by atoms with Crippen LogP contribution in [0, 0.1) is 0 Å². The highest BCUT2D eigenvalue weighted by atomic mass is 32.1. The number of carbonyl (C=O) groups is 1. The number of rotatable bonds is 2. The maximum Gasteiger partial charge on any atom is 0.252 e. The van der Waals surface area contributed by atoms with Gasteiger partial charge in [-0.05, 0) is 37.1 Å². The Morgan fingerprint density at radius 2 is 2.40 bits per heavy atom. The molecule has 0 aromatic carbocycles. The van der Waals surface area contributed by atoms with Crippen LogP contribution < -0.4 is 11.1 Å². The summed E-state index contributed by atoms with van der Waals surface area (Å²) in [4.78, 5) is 11.7. The van der Waals surface area contributed by atoms with Gasteiger partial charge in [0, 0.05) is 23.0 Å². The van der Waals surface area contributed by atoms with Gasteiger partial charge >= 0.3 is 0 Å². The molecule has 0 spiro atoms. The molecule has 3 N–H and O–H groups in total. The number of carbonyl (C=O) groups excluding carboxylic acids is 1. The van der Waals surface area contributed by atoms with Crippen molar-refractivity contribution >= 4 is 17.2 Å². The van der Waals surface area contributed by atoms with Gasteiger partial charge in [0.25, 0.3) is 5.91 Å². The van der Waals surface area contributed by atoms with Gasteiger partial charge in [0.05, 0.1) is 0 Å². The van der Waals surface area contributed by atoms with Gasteiger partial charge in [-0.1, -0.05) is 0 Å². The zero-order valence-corrected chi connectivity index (χ0v) is 9.43. The van der Waals surface area contributed by atoms with Crippen molar-refractivity contribution in [3.63, 3.8) is 0 Å². The van der Waals surface area contributed by atoms with E-state index < -0.39 is 0 Å². The smallest absolute Gasteiger partial charge is 0.252 e. The lowest BCUT2D eigenvalue weighted by Crippen LogP contribution is -2.42. The highest BCUT2D eigenvalue weighted by Gasteiger charge is 2.21. The summed E-state index contributed by atoms with van der Waals surface area (Å²) < 4.78 is 0. The summed E-state index contributed by atoms with van der Waals surface area (Å²) in [5.74, 6) is 0.0374. The largest absolute Gasteiger partial charge is 0.349 e. The molecule has 2 atom stereocenters. The molecule has 3 nitrogen and oxygen atoms in total. The zero-order valence-electron chi connectivity index (χ0n) is 8.61. The second-order valence-corrected chi connectivity index (χ2v) is 4.89. The van der Waals surface area contributed by atoms with Crippen molar-refractivity contribution in [2.45, 2.75) is 37.8 Å². The van der Waals surface area contributed by atoms with Crippen LogP contribution in [0.3, 0.4) is 0 Å². The van der Waals surface area contributed by atoms with E-state index in [0.29, 0.717) is 0 Å². The Balaban J connectivity index is 1.89. The molecule has 0 aliphatic heterocycles. The predicted octanol–water partition coefficient (Wildman–Crippen LogP) is 1.75. The summed E-state index contributed by atoms with van der Waals surface area (Å²) in [6.07, 6.45) is 4.18. The van der Waals surface area contributed by atoms with Crippen molar-refractivity contribution in [2.75, 3.05) is 0 Å². The summed E-state index contributed by atoms with van der Waals surface area (Å²) in [5, 5.41) is 6.83. The van der Waals surface area contributed by atoms with Crippen LogP contribution in [0.1, 0.15) is 36.0 Å². The van der Waals surface area contributed by atoms with E-state index in [1.807, 2.05) is 16.8 Å². The van der Waals surface area contributed by atoms with Crippen molar-refractivity contribution in [1.82, 2.24) is 5.32 Å². The van der Waals surface area contributed by atoms with Gasteiger partial charge in [-0.3, -0.25) is 4.79 Å². The quantitative estimate of drug-likeness (QED) is 0.804. The lowest BCUT2D eigenvalue weighted by molar-refractivity contribution is 0.0926. The fourth-order valence-electron chi connectivity index (χ4n) is 2.02. The van der Waals surface area contributed by atoms with E-state index in [4.69, 9.17) is 5.73 Å². The molecule has 1 aromatic rings. The minimum Gasteiger partial charge on any atom is -0.349 e. The molecule has 82 valence electrons. The first kappa shape index (κ1) is 10.6. The number of hydrogen-bond donors (Lipinski definition) is 2. The van der Waals surface area contributed by atoms with E-state index in [1.165, 1.54) is 0 Å². The lowest BCUT2D eigenvalue weighted by atomic mass is 9.91. The highest BCUT2D eigenvalue weighted by molar-refractivity contribution is 7.08. The molecule has 15 heavy (non-hydrogen) atoms. The molecule has 4 heteroatoms. The van der Waals surface area contributed by atoms with Gasteiger partial charge in [-0.15, -0.1) is 0 Å². The van der Waals surface area contributed by atoms with E-state index in [0.717, 1.165) is 31.2 Å². The Morgan fingerprint density at radius 1 is 1.53 bits per heavy atom. The second-order valence-electron chi connectivity index (χ2n) is 4.11. The van der Waals surface area contributed by atoms with Crippen LogP contribution in [0.25, 0.3) is 0 Å². The van der Waals surface area contributed by atoms with E-state index in [-0.39, 0.29) is 18.0 Å². The minimum absolute atomic E-state index is 0.0374. The first-order valence-electron chi connectivity index (χ1n) is 5.34. The molecule has 1 aromatic heterocycles. The van der Waals surface area contributed by atoms with Gasteiger partial charge in [0.2, 0.25) is 0 Å². The van der Waals surface area contributed by atoms with Crippen molar-refractivity contribution in [1.29, 1.82) is 0 Å². The molecule has 1 amide bonds. The first-order valence-corrected chi connectivity index (χ1v) is 6.28. The molecule has 1 aliphatic rings. The molecule has 2 rings (SSSR count). The number of hydrogen-bond acceptors (Lipinski definition) is 3. The summed E-state index contributed by atoms with van der Waals surface area (Å²) in [6, 6.07) is 2.37. The van der Waals surface area contributed by atoms with Crippen molar-refractivity contribution in [3.8, 4) is 0 Å². The number of thiophene rings is 1. The lowest BCUT2D eigenvalue weighted by Gasteiger charge is -2.27. The molecule has 0 saturated heterocycles. The van der Waals surface area contributed by atoms with E-state index in [9.17, 15) is 4.79 Å². The molecule has 2 unspecified atom stereocenters.